The van der Waals surface area contributed by atoms with Crippen LogP contribution in [0.2, 0.25) is 0 Å². The second kappa shape index (κ2) is 6.04. The predicted molar refractivity (Wildman–Crippen MR) is 65.4 cm³/mol. The Hall–Kier alpha value is -1.30. The first-order valence-electron chi connectivity index (χ1n) is 5.86. The zero-order chi connectivity index (χ0) is 13.8. The summed E-state index contributed by atoms with van der Waals surface area (Å²) in [6, 6.07) is 3.08. The number of rotatable bonds is 5. The fourth-order valence-electron chi connectivity index (χ4n) is 1.64. The van der Waals surface area contributed by atoms with E-state index in [1.165, 1.54) is 11.1 Å². The van der Waals surface area contributed by atoms with E-state index in [4.69, 9.17) is 5.73 Å². The topological polar surface area (TPSA) is 42.1 Å². The highest BCUT2D eigenvalue weighted by molar-refractivity contribution is 5.45. The molecule has 0 aliphatic carbocycles. The fourth-order valence-corrected chi connectivity index (χ4v) is 1.64. The third-order valence-electron chi connectivity index (χ3n) is 2.47. The van der Waals surface area contributed by atoms with E-state index in [0.717, 1.165) is 0 Å². The molecule has 0 bridgehead atoms. The van der Waals surface area contributed by atoms with Crippen LogP contribution in [0.3, 0.4) is 0 Å². The molecular formula is C12H18F3N3. The van der Waals surface area contributed by atoms with Gasteiger partial charge in [-0.05, 0) is 25.5 Å². The number of anilines is 1. The lowest BCUT2D eigenvalue weighted by Crippen LogP contribution is -2.34. The Kier molecular flexibility index (Phi) is 4.95. The number of hydrogen-bond donors (Lipinski definition) is 1. The van der Waals surface area contributed by atoms with E-state index in [-0.39, 0.29) is 6.04 Å². The van der Waals surface area contributed by atoms with Gasteiger partial charge in [-0.3, -0.25) is 4.98 Å². The number of pyridine rings is 1. The Morgan fingerprint density at radius 2 is 2.06 bits per heavy atom. The zero-order valence-electron chi connectivity index (χ0n) is 10.5. The molecule has 0 fully saturated rings. The van der Waals surface area contributed by atoms with Crippen LogP contribution < -0.4 is 10.6 Å². The third kappa shape index (κ3) is 4.52. The van der Waals surface area contributed by atoms with Gasteiger partial charge < -0.3 is 10.6 Å². The summed E-state index contributed by atoms with van der Waals surface area (Å²) in [5.74, 6) is 0. The van der Waals surface area contributed by atoms with Crippen molar-refractivity contribution >= 4 is 5.69 Å². The van der Waals surface area contributed by atoms with Crippen LogP contribution >= 0.6 is 0 Å². The summed E-state index contributed by atoms with van der Waals surface area (Å²) in [5, 5.41) is 0. The molecule has 0 aliphatic heterocycles. The summed E-state index contributed by atoms with van der Waals surface area (Å²) in [6.45, 7) is 3.01. The summed E-state index contributed by atoms with van der Waals surface area (Å²) in [6.07, 6.45) is -2.12. The fraction of sp³-hybridized carbons (Fsp3) is 0.583. The highest BCUT2D eigenvalue weighted by Crippen LogP contribution is 2.22. The lowest BCUT2D eigenvalue weighted by Gasteiger charge is -2.25. The van der Waals surface area contributed by atoms with E-state index < -0.39 is 12.7 Å². The van der Waals surface area contributed by atoms with Crippen LogP contribution in [-0.4, -0.2) is 24.2 Å². The average molecular weight is 261 g/mol. The van der Waals surface area contributed by atoms with Gasteiger partial charge in [0, 0.05) is 12.6 Å². The molecule has 0 aliphatic rings. The first-order chi connectivity index (χ1) is 8.33. The van der Waals surface area contributed by atoms with Gasteiger partial charge in [0.05, 0.1) is 17.6 Å². The minimum absolute atomic E-state index is 0.221. The van der Waals surface area contributed by atoms with Crippen LogP contribution in [0.4, 0.5) is 18.9 Å². The maximum absolute atomic E-state index is 12.4. The Labute approximate surface area is 105 Å². The van der Waals surface area contributed by atoms with Crippen molar-refractivity contribution in [2.24, 2.45) is 5.73 Å². The van der Waals surface area contributed by atoms with Gasteiger partial charge in [0.25, 0.3) is 0 Å². The number of halogens is 3. The van der Waals surface area contributed by atoms with Crippen molar-refractivity contribution in [3.05, 3.63) is 24.0 Å². The summed E-state index contributed by atoms with van der Waals surface area (Å²) in [4.78, 5) is 5.35. The number of alkyl halides is 3. The number of nitrogens with zero attached hydrogens (tertiary/aromatic N) is 2. The SMILES string of the molecule is CCCN(CC(F)(F)F)c1ccc(C(C)N)nc1. The second-order valence-electron chi connectivity index (χ2n) is 4.27. The van der Waals surface area contributed by atoms with Crippen LogP contribution in [-0.2, 0) is 0 Å². The molecule has 1 atom stereocenters. The highest BCUT2D eigenvalue weighted by atomic mass is 19.4. The lowest BCUT2D eigenvalue weighted by atomic mass is 10.2. The molecule has 1 aromatic rings. The van der Waals surface area contributed by atoms with E-state index in [1.54, 1.807) is 19.1 Å². The normalized spacial score (nSPS) is 13.4. The highest BCUT2D eigenvalue weighted by Gasteiger charge is 2.30. The monoisotopic (exact) mass is 261 g/mol. The molecule has 1 rings (SSSR count). The van der Waals surface area contributed by atoms with Crippen LogP contribution in [0.1, 0.15) is 32.0 Å². The first-order valence-corrected chi connectivity index (χ1v) is 5.86. The molecule has 18 heavy (non-hydrogen) atoms. The van der Waals surface area contributed by atoms with Crippen LogP contribution in [0, 0.1) is 0 Å². The Morgan fingerprint density at radius 3 is 2.44 bits per heavy atom. The predicted octanol–water partition coefficient (Wildman–Crippen LogP) is 2.88. The lowest BCUT2D eigenvalue weighted by molar-refractivity contribution is -0.119. The molecule has 0 aromatic carbocycles. The molecular weight excluding hydrogens is 243 g/mol. The van der Waals surface area contributed by atoms with Crippen molar-refractivity contribution in [1.82, 2.24) is 4.98 Å². The minimum atomic E-state index is -4.21. The van der Waals surface area contributed by atoms with Crippen molar-refractivity contribution < 1.29 is 13.2 Å². The molecule has 0 saturated carbocycles. The average Bonchev–Trinajstić information content (AvgIpc) is 2.27. The molecule has 0 radical (unpaired) electrons. The van der Waals surface area contributed by atoms with Gasteiger partial charge in [0.15, 0.2) is 0 Å². The molecule has 102 valence electrons. The number of hydrogen-bond acceptors (Lipinski definition) is 3. The van der Waals surface area contributed by atoms with E-state index in [2.05, 4.69) is 4.98 Å². The molecule has 0 amide bonds. The Morgan fingerprint density at radius 1 is 1.39 bits per heavy atom. The maximum atomic E-state index is 12.4. The molecule has 6 heteroatoms. The molecule has 1 heterocycles. The van der Waals surface area contributed by atoms with Gasteiger partial charge in [-0.1, -0.05) is 6.92 Å². The van der Waals surface area contributed by atoms with Gasteiger partial charge in [-0.15, -0.1) is 0 Å². The van der Waals surface area contributed by atoms with Gasteiger partial charge in [-0.25, -0.2) is 0 Å². The molecule has 3 nitrogen and oxygen atoms in total. The molecule has 1 unspecified atom stereocenters. The number of nitrogens with two attached hydrogens (primary N) is 1. The molecule has 0 saturated heterocycles. The minimum Gasteiger partial charge on any atom is -0.361 e. The zero-order valence-corrected chi connectivity index (χ0v) is 10.5. The van der Waals surface area contributed by atoms with Gasteiger partial charge in [-0.2, -0.15) is 13.2 Å². The van der Waals surface area contributed by atoms with E-state index in [0.29, 0.717) is 24.3 Å². The first kappa shape index (κ1) is 14.8. The van der Waals surface area contributed by atoms with E-state index in [1.807, 2.05) is 6.92 Å². The summed E-state index contributed by atoms with van der Waals surface area (Å²) >= 11 is 0. The quantitative estimate of drug-likeness (QED) is 0.886. The van der Waals surface area contributed by atoms with Crippen molar-refractivity contribution in [2.45, 2.75) is 32.5 Å². The maximum Gasteiger partial charge on any atom is 0.405 e. The van der Waals surface area contributed by atoms with Crippen LogP contribution in [0.25, 0.3) is 0 Å². The van der Waals surface area contributed by atoms with Crippen LogP contribution in [0.15, 0.2) is 18.3 Å². The molecule has 0 spiro atoms. The van der Waals surface area contributed by atoms with Gasteiger partial charge >= 0.3 is 6.18 Å². The van der Waals surface area contributed by atoms with Crippen LogP contribution in [0.5, 0.6) is 0 Å². The number of aromatic nitrogens is 1. The summed E-state index contributed by atoms with van der Waals surface area (Å²) < 4.78 is 37.3. The molecule has 1 aromatic heterocycles. The second-order valence-corrected chi connectivity index (χ2v) is 4.27. The van der Waals surface area contributed by atoms with Crippen molar-refractivity contribution in [2.75, 3.05) is 18.0 Å². The Balaban J connectivity index is 2.85. The summed E-state index contributed by atoms with van der Waals surface area (Å²) in [5.41, 5.74) is 6.78. The van der Waals surface area contributed by atoms with Gasteiger partial charge in [0.1, 0.15) is 6.54 Å². The molecule has 2 N–H and O–H groups in total. The summed E-state index contributed by atoms with van der Waals surface area (Å²) in [7, 11) is 0. The van der Waals surface area contributed by atoms with E-state index >= 15 is 0 Å². The van der Waals surface area contributed by atoms with Crippen molar-refractivity contribution in [1.29, 1.82) is 0 Å². The smallest absolute Gasteiger partial charge is 0.361 e. The Bertz CT molecular complexity index is 360. The largest absolute Gasteiger partial charge is 0.405 e. The standard InChI is InChI=1S/C12H18F3N3/c1-3-6-18(8-12(13,14)15)10-4-5-11(9(2)16)17-7-10/h4-5,7,9H,3,6,8,16H2,1-2H3. The van der Waals surface area contributed by atoms with Crippen molar-refractivity contribution in [3.63, 3.8) is 0 Å². The van der Waals surface area contributed by atoms with Gasteiger partial charge in [0.2, 0.25) is 0 Å². The van der Waals surface area contributed by atoms with Crippen molar-refractivity contribution in [3.8, 4) is 0 Å². The van der Waals surface area contributed by atoms with E-state index in [9.17, 15) is 13.2 Å². The third-order valence-corrected chi connectivity index (χ3v) is 2.47.